The molecule has 0 unspecified atom stereocenters. The van der Waals surface area contributed by atoms with Crippen molar-refractivity contribution >= 4 is 74.2 Å². The normalized spacial score (nSPS) is 14.3. The SMILES string of the molecule is COc1ccc([Si]23c4ccccc4Sc4cc(-n5c6ccccc6c6ccccc65)cc(c42)Sc2ccccc23)cc1. The molecule has 0 aliphatic carbocycles. The minimum atomic E-state index is -2.61. The lowest BCUT2D eigenvalue weighted by molar-refractivity contribution is 0.415. The van der Waals surface area contributed by atoms with Crippen molar-refractivity contribution in [2.75, 3.05) is 7.11 Å². The summed E-state index contributed by atoms with van der Waals surface area (Å²) in [5.74, 6) is 0.892. The zero-order valence-electron chi connectivity index (χ0n) is 22.9. The van der Waals surface area contributed by atoms with E-state index < -0.39 is 8.07 Å². The van der Waals surface area contributed by atoms with Crippen molar-refractivity contribution in [3.63, 3.8) is 0 Å². The van der Waals surface area contributed by atoms with Crippen molar-refractivity contribution in [3.05, 3.63) is 133 Å². The Morgan fingerprint density at radius 1 is 0.548 bits per heavy atom. The van der Waals surface area contributed by atoms with Gasteiger partial charge < -0.3 is 9.30 Å². The van der Waals surface area contributed by atoms with E-state index in [0.29, 0.717) is 0 Å². The van der Waals surface area contributed by atoms with Crippen LogP contribution in [0.3, 0.4) is 0 Å². The number of ether oxygens (including phenoxy) is 1. The zero-order valence-corrected chi connectivity index (χ0v) is 25.5. The molecular weight excluding hydrogens is 567 g/mol. The average Bonchev–Trinajstić information content (AvgIpc) is 3.39. The monoisotopic (exact) mass is 591 g/mol. The van der Waals surface area contributed by atoms with E-state index in [2.05, 4.69) is 138 Å². The molecule has 0 spiro atoms. The largest absolute Gasteiger partial charge is 0.497 e. The van der Waals surface area contributed by atoms with Crippen molar-refractivity contribution < 1.29 is 4.74 Å². The number of benzene rings is 6. The topological polar surface area (TPSA) is 14.2 Å². The van der Waals surface area contributed by atoms with E-state index in [1.165, 1.54) is 67.8 Å². The fourth-order valence-electron chi connectivity index (χ4n) is 7.12. The summed E-state index contributed by atoms with van der Waals surface area (Å²) in [6, 6.07) is 49.6. The number of nitrogens with zero attached hydrogens (tertiary/aromatic N) is 1. The van der Waals surface area contributed by atoms with Gasteiger partial charge in [0.25, 0.3) is 0 Å². The molecule has 2 aliphatic rings. The first-order valence-corrected chi connectivity index (χ1v) is 17.8. The molecule has 0 atom stereocenters. The van der Waals surface area contributed by atoms with Crippen molar-refractivity contribution in [2.45, 2.75) is 19.6 Å². The van der Waals surface area contributed by atoms with Gasteiger partial charge in [-0.15, -0.1) is 0 Å². The second-order valence-electron chi connectivity index (χ2n) is 10.9. The van der Waals surface area contributed by atoms with Crippen LogP contribution in [0.2, 0.25) is 0 Å². The highest BCUT2D eigenvalue weighted by atomic mass is 32.2. The number of rotatable bonds is 3. The standard InChI is InChI=1S/C37H25NOS2Si/c1-39-25-18-20-26(21-19-25)42-35-16-8-6-14-31(35)40-33-22-24(23-34(37(33)42)41-32-15-7-9-17-36(32)42)38-29-12-4-2-10-27(29)28-11-3-5-13-30(28)38/h2-23H,1H3. The Hall–Kier alpha value is -4.16. The molecule has 5 heteroatoms. The Kier molecular flexibility index (Phi) is 5.33. The summed E-state index contributed by atoms with van der Waals surface area (Å²) in [6.45, 7) is 0. The molecule has 42 heavy (non-hydrogen) atoms. The van der Waals surface area contributed by atoms with Crippen LogP contribution in [-0.4, -0.2) is 19.8 Å². The third-order valence-corrected chi connectivity index (χ3v) is 16.7. The van der Waals surface area contributed by atoms with E-state index in [9.17, 15) is 0 Å². The number of aromatic nitrogens is 1. The van der Waals surface area contributed by atoms with Crippen molar-refractivity contribution in [3.8, 4) is 11.4 Å². The summed E-state index contributed by atoms with van der Waals surface area (Å²) in [7, 11) is -0.866. The summed E-state index contributed by atoms with van der Waals surface area (Å²) < 4.78 is 8.06. The van der Waals surface area contributed by atoms with Crippen LogP contribution in [0.25, 0.3) is 27.5 Å². The fraction of sp³-hybridized carbons (Fsp3) is 0.0270. The van der Waals surface area contributed by atoms with Gasteiger partial charge in [0.2, 0.25) is 0 Å². The van der Waals surface area contributed by atoms with Crippen LogP contribution in [0.15, 0.2) is 153 Å². The average molecular weight is 592 g/mol. The second-order valence-corrected chi connectivity index (χ2v) is 16.7. The third kappa shape index (κ3) is 3.24. The van der Waals surface area contributed by atoms with Crippen molar-refractivity contribution in [2.24, 2.45) is 0 Å². The predicted octanol–water partition coefficient (Wildman–Crippen LogP) is 7.10. The molecule has 0 amide bonds. The van der Waals surface area contributed by atoms with Gasteiger partial charge in [0, 0.05) is 36.0 Å². The van der Waals surface area contributed by atoms with Gasteiger partial charge in [-0.2, -0.15) is 0 Å². The van der Waals surface area contributed by atoms with E-state index in [-0.39, 0.29) is 0 Å². The molecule has 0 radical (unpaired) electrons. The summed E-state index contributed by atoms with van der Waals surface area (Å²) >= 11 is 3.86. The van der Waals surface area contributed by atoms with Gasteiger partial charge in [0.15, 0.2) is 8.07 Å². The van der Waals surface area contributed by atoms with Gasteiger partial charge in [-0.1, -0.05) is 108 Å². The summed E-state index contributed by atoms with van der Waals surface area (Å²) in [4.78, 5) is 5.46. The van der Waals surface area contributed by atoms with Crippen molar-refractivity contribution in [1.82, 2.24) is 4.57 Å². The molecular formula is C37H25NOS2Si. The first-order chi connectivity index (χ1) is 20.8. The van der Waals surface area contributed by atoms with Crippen LogP contribution in [-0.2, 0) is 0 Å². The van der Waals surface area contributed by atoms with Gasteiger partial charge in [-0.3, -0.25) is 0 Å². The summed E-state index contributed by atoms with van der Waals surface area (Å²) in [6.07, 6.45) is 0. The Morgan fingerprint density at radius 2 is 1.05 bits per heavy atom. The third-order valence-electron chi connectivity index (χ3n) is 8.81. The Morgan fingerprint density at radius 3 is 1.60 bits per heavy atom. The molecule has 7 aromatic rings. The molecule has 0 N–H and O–H groups in total. The van der Waals surface area contributed by atoms with Crippen molar-refractivity contribution in [1.29, 1.82) is 0 Å². The van der Waals surface area contributed by atoms with E-state index >= 15 is 0 Å². The van der Waals surface area contributed by atoms with Gasteiger partial charge in [0.05, 0.1) is 18.1 Å². The predicted molar refractivity (Wildman–Crippen MR) is 179 cm³/mol. The first kappa shape index (κ1) is 24.4. The Labute approximate surface area is 254 Å². The van der Waals surface area contributed by atoms with E-state index in [4.69, 9.17) is 4.74 Å². The molecule has 0 bridgehead atoms. The van der Waals surface area contributed by atoms with Crippen LogP contribution in [0.5, 0.6) is 5.75 Å². The van der Waals surface area contributed by atoms with Crippen LogP contribution < -0.4 is 25.5 Å². The molecule has 9 rings (SSSR count). The molecule has 0 saturated heterocycles. The summed E-state index contributed by atoms with van der Waals surface area (Å²) in [5.41, 5.74) is 3.71. The van der Waals surface area contributed by atoms with Gasteiger partial charge in [0.1, 0.15) is 5.75 Å². The van der Waals surface area contributed by atoms with Crippen LogP contribution in [0, 0.1) is 0 Å². The second kappa shape index (κ2) is 9.17. The maximum atomic E-state index is 5.60. The molecule has 2 nitrogen and oxygen atoms in total. The lowest BCUT2D eigenvalue weighted by Gasteiger charge is -2.44. The molecule has 0 saturated carbocycles. The highest BCUT2D eigenvalue weighted by Gasteiger charge is 2.51. The molecule has 0 fully saturated rings. The maximum Gasteiger partial charge on any atom is 0.184 e. The molecule has 6 aromatic carbocycles. The van der Waals surface area contributed by atoms with E-state index in [1.807, 2.05) is 23.5 Å². The van der Waals surface area contributed by atoms with E-state index in [0.717, 1.165) is 5.75 Å². The molecule has 1 aromatic heterocycles. The number of fused-ring (bicyclic) bond motifs is 7. The first-order valence-electron chi connectivity index (χ1n) is 14.1. The lowest BCUT2D eigenvalue weighted by Crippen LogP contribution is -2.78. The highest BCUT2D eigenvalue weighted by Crippen LogP contribution is 2.44. The van der Waals surface area contributed by atoms with Crippen LogP contribution in [0.1, 0.15) is 0 Å². The molecule has 200 valence electrons. The summed E-state index contributed by atoms with van der Waals surface area (Å²) in [5, 5.41) is 8.45. The molecule has 2 aliphatic heterocycles. The maximum absolute atomic E-state index is 5.60. The smallest absolute Gasteiger partial charge is 0.184 e. The number of methoxy groups -OCH3 is 1. The minimum absolute atomic E-state index is 0.892. The number of para-hydroxylation sites is 2. The van der Waals surface area contributed by atoms with Gasteiger partial charge in [-0.25, -0.2) is 0 Å². The fourth-order valence-corrected chi connectivity index (χ4v) is 16.4. The number of hydrogen-bond acceptors (Lipinski definition) is 3. The zero-order chi connectivity index (χ0) is 27.8. The van der Waals surface area contributed by atoms with E-state index in [1.54, 1.807) is 7.11 Å². The Balaban J connectivity index is 1.41. The van der Waals surface area contributed by atoms with Crippen LogP contribution >= 0.6 is 23.5 Å². The lowest BCUT2D eigenvalue weighted by atomic mass is 10.2. The van der Waals surface area contributed by atoms with Crippen LogP contribution in [0.4, 0.5) is 0 Å². The van der Waals surface area contributed by atoms with Gasteiger partial charge >= 0.3 is 0 Å². The van der Waals surface area contributed by atoms with Gasteiger partial charge in [-0.05, 0) is 69.3 Å². The Bertz CT molecular complexity index is 2080. The minimum Gasteiger partial charge on any atom is -0.497 e. The quantitative estimate of drug-likeness (QED) is 0.204. The molecule has 3 heterocycles. The highest BCUT2D eigenvalue weighted by molar-refractivity contribution is 8.01. The number of hydrogen-bond donors (Lipinski definition) is 0.